The number of ether oxygens (including phenoxy) is 1. The molecule has 6 heteroatoms. The summed E-state index contributed by atoms with van der Waals surface area (Å²) in [4.78, 5) is 29.7. The third kappa shape index (κ3) is 28.7. The van der Waals surface area contributed by atoms with E-state index in [-0.39, 0.29) is 11.5 Å². The molecule has 6 nitrogen and oxygen atoms in total. The van der Waals surface area contributed by atoms with Gasteiger partial charge in [-0.15, -0.1) is 0 Å². The minimum atomic E-state index is -0.935. The number of unbranched alkanes of at least 4 members (excludes halogenated alkanes) is 3. The zero-order valence-corrected chi connectivity index (χ0v) is 14.7. The Morgan fingerprint density at radius 2 is 1.39 bits per heavy atom. The molecule has 0 aliphatic carbocycles. The minimum Gasteiger partial charge on any atom is -0.481 e. The number of esters is 1. The van der Waals surface area contributed by atoms with E-state index in [0.717, 1.165) is 19.8 Å². The van der Waals surface area contributed by atoms with Crippen LogP contribution in [0.2, 0.25) is 0 Å². The molecule has 0 aliphatic rings. The fraction of sp³-hybridized carbons (Fsp3) is 0.588. The molecule has 0 saturated carbocycles. The third-order valence-corrected chi connectivity index (χ3v) is 2.31. The molecule has 0 amide bonds. The van der Waals surface area contributed by atoms with Crippen LogP contribution in [-0.2, 0) is 19.1 Å². The number of carbonyl (C=O) groups excluding carboxylic acids is 1. The first kappa shape index (κ1) is 25.8. The monoisotopic (exact) mass is 330 g/mol. The van der Waals surface area contributed by atoms with Gasteiger partial charge in [0.15, 0.2) is 0 Å². The zero-order chi connectivity index (χ0) is 18.8. The molecule has 0 aromatic rings. The van der Waals surface area contributed by atoms with Crippen molar-refractivity contribution < 1.29 is 29.3 Å². The van der Waals surface area contributed by atoms with Crippen LogP contribution < -0.4 is 0 Å². The maximum absolute atomic E-state index is 11.1. The molecule has 134 valence electrons. The van der Waals surface area contributed by atoms with Gasteiger partial charge in [-0.2, -0.15) is 0 Å². The van der Waals surface area contributed by atoms with Crippen LogP contribution in [0.25, 0.3) is 0 Å². The summed E-state index contributed by atoms with van der Waals surface area (Å²) < 4.78 is 5.00. The Hall–Kier alpha value is -2.11. The Bertz CT molecular complexity index is 369. The van der Waals surface area contributed by atoms with Crippen LogP contribution >= 0.6 is 0 Å². The molecule has 0 saturated heterocycles. The van der Waals surface area contributed by atoms with E-state index in [1.165, 1.54) is 19.8 Å². The molecule has 0 atom stereocenters. The molecule has 0 heterocycles. The lowest BCUT2D eigenvalue weighted by molar-refractivity contribution is -0.139. The lowest BCUT2D eigenvalue weighted by Crippen LogP contribution is -2.07. The first-order chi connectivity index (χ1) is 10.6. The van der Waals surface area contributed by atoms with Crippen molar-refractivity contribution in [2.24, 2.45) is 0 Å². The lowest BCUT2D eigenvalue weighted by Gasteiger charge is -2.04. The molecule has 0 spiro atoms. The average molecular weight is 330 g/mol. The SMILES string of the molecule is C=C(C)C(=O)O.C=C(CC)C(=O)OCCCCCC.CC(=O)O. The fourth-order valence-electron chi connectivity index (χ4n) is 0.940. The van der Waals surface area contributed by atoms with E-state index in [4.69, 9.17) is 19.7 Å². The highest BCUT2D eigenvalue weighted by Crippen LogP contribution is 2.03. The highest BCUT2D eigenvalue weighted by molar-refractivity contribution is 5.87. The first-order valence-electron chi connectivity index (χ1n) is 7.53. The second-order valence-electron chi connectivity index (χ2n) is 4.76. The van der Waals surface area contributed by atoms with Gasteiger partial charge in [0.1, 0.15) is 0 Å². The van der Waals surface area contributed by atoms with Crippen molar-refractivity contribution in [2.75, 3.05) is 6.61 Å². The van der Waals surface area contributed by atoms with Crippen molar-refractivity contribution in [3.63, 3.8) is 0 Å². The molecule has 2 N–H and O–H groups in total. The van der Waals surface area contributed by atoms with E-state index < -0.39 is 11.9 Å². The van der Waals surface area contributed by atoms with Crippen LogP contribution in [0, 0.1) is 0 Å². The van der Waals surface area contributed by atoms with Crippen molar-refractivity contribution in [2.45, 2.75) is 59.8 Å². The van der Waals surface area contributed by atoms with Crippen molar-refractivity contribution in [1.29, 1.82) is 0 Å². The number of carboxylic acid groups (broad SMARTS) is 2. The van der Waals surface area contributed by atoms with Crippen LogP contribution in [0.15, 0.2) is 24.3 Å². The molecule has 0 aromatic heterocycles. The van der Waals surface area contributed by atoms with Crippen LogP contribution in [0.4, 0.5) is 0 Å². The van der Waals surface area contributed by atoms with Gasteiger partial charge in [-0.3, -0.25) is 4.79 Å². The number of rotatable bonds is 8. The number of carbonyl (C=O) groups is 3. The van der Waals surface area contributed by atoms with E-state index in [1.54, 1.807) is 0 Å². The molecular formula is C17H30O6. The molecule has 0 aliphatic heterocycles. The van der Waals surface area contributed by atoms with E-state index in [9.17, 15) is 9.59 Å². The summed E-state index contributed by atoms with van der Waals surface area (Å²) in [7, 11) is 0. The van der Waals surface area contributed by atoms with Crippen molar-refractivity contribution in [1.82, 2.24) is 0 Å². The predicted octanol–water partition coefficient (Wildman–Crippen LogP) is 3.81. The average Bonchev–Trinajstić information content (AvgIpc) is 2.45. The molecule has 0 rings (SSSR count). The van der Waals surface area contributed by atoms with Gasteiger partial charge in [-0.25, -0.2) is 9.59 Å². The summed E-state index contributed by atoms with van der Waals surface area (Å²) in [6.07, 6.45) is 5.20. The van der Waals surface area contributed by atoms with Crippen LogP contribution in [0.5, 0.6) is 0 Å². The summed E-state index contributed by atoms with van der Waals surface area (Å²) in [6.45, 7) is 13.9. The molecule has 23 heavy (non-hydrogen) atoms. The Balaban J connectivity index is -0.000000330. The standard InChI is InChI=1S/C11H20O2.C4H6O2.C2H4O2/c1-4-6-7-8-9-13-11(12)10(3)5-2;1-3(2)4(5)6;1-2(3)4/h3-9H2,1-2H3;1H2,2H3,(H,5,6);1H3,(H,3,4). The largest absolute Gasteiger partial charge is 0.481 e. The van der Waals surface area contributed by atoms with Crippen LogP contribution in [0.3, 0.4) is 0 Å². The number of hydrogen-bond acceptors (Lipinski definition) is 4. The number of hydrogen-bond donors (Lipinski definition) is 2. The Kier molecular flexibility index (Phi) is 20.1. The fourth-order valence-corrected chi connectivity index (χ4v) is 0.940. The van der Waals surface area contributed by atoms with Crippen LogP contribution in [0.1, 0.15) is 59.8 Å². The first-order valence-corrected chi connectivity index (χ1v) is 7.53. The second kappa shape index (κ2) is 17.9. The molecule has 0 aromatic carbocycles. The van der Waals surface area contributed by atoms with E-state index in [0.29, 0.717) is 18.6 Å². The summed E-state index contributed by atoms with van der Waals surface area (Å²) in [6, 6.07) is 0. The van der Waals surface area contributed by atoms with Gasteiger partial charge in [-0.1, -0.05) is 46.3 Å². The normalized spacial score (nSPS) is 8.52. The predicted molar refractivity (Wildman–Crippen MR) is 90.3 cm³/mol. The molecule has 0 fully saturated rings. The summed E-state index contributed by atoms with van der Waals surface area (Å²) in [5.41, 5.74) is 0.741. The summed E-state index contributed by atoms with van der Waals surface area (Å²) in [5.74, 6) is -2.01. The van der Waals surface area contributed by atoms with Gasteiger partial charge < -0.3 is 14.9 Å². The molecule has 0 bridgehead atoms. The van der Waals surface area contributed by atoms with Crippen LogP contribution in [-0.4, -0.2) is 34.7 Å². The Labute approximate surface area is 138 Å². The number of aliphatic carboxylic acids is 2. The van der Waals surface area contributed by atoms with Crippen molar-refractivity contribution in [3.05, 3.63) is 24.3 Å². The van der Waals surface area contributed by atoms with Gasteiger partial charge in [0.05, 0.1) is 6.61 Å². The Morgan fingerprint density at radius 1 is 0.957 bits per heavy atom. The smallest absolute Gasteiger partial charge is 0.333 e. The van der Waals surface area contributed by atoms with Gasteiger partial charge in [0.25, 0.3) is 5.97 Å². The minimum absolute atomic E-state index is 0.176. The summed E-state index contributed by atoms with van der Waals surface area (Å²) >= 11 is 0. The van der Waals surface area contributed by atoms with E-state index in [2.05, 4.69) is 20.1 Å². The maximum atomic E-state index is 11.1. The third-order valence-electron chi connectivity index (χ3n) is 2.31. The molecular weight excluding hydrogens is 300 g/mol. The Morgan fingerprint density at radius 3 is 1.70 bits per heavy atom. The topological polar surface area (TPSA) is 101 Å². The van der Waals surface area contributed by atoms with Gasteiger partial charge in [0, 0.05) is 18.1 Å². The van der Waals surface area contributed by atoms with E-state index >= 15 is 0 Å². The maximum Gasteiger partial charge on any atom is 0.333 e. The molecule has 0 unspecified atom stereocenters. The second-order valence-corrected chi connectivity index (χ2v) is 4.76. The van der Waals surface area contributed by atoms with E-state index in [1.807, 2.05) is 6.92 Å². The number of carboxylic acids is 2. The lowest BCUT2D eigenvalue weighted by atomic mass is 10.2. The van der Waals surface area contributed by atoms with Crippen molar-refractivity contribution >= 4 is 17.9 Å². The van der Waals surface area contributed by atoms with Gasteiger partial charge in [0.2, 0.25) is 0 Å². The summed E-state index contributed by atoms with van der Waals surface area (Å²) in [5, 5.41) is 15.3. The highest BCUT2D eigenvalue weighted by Gasteiger charge is 2.04. The highest BCUT2D eigenvalue weighted by atomic mass is 16.5. The van der Waals surface area contributed by atoms with Gasteiger partial charge in [-0.05, 0) is 19.8 Å². The zero-order valence-electron chi connectivity index (χ0n) is 14.7. The van der Waals surface area contributed by atoms with Crippen molar-refractivity contribution in [3.8, 4) is 0 Å². The van der Waals surface area contributed by atoms with Gasteiger partial charge >= 0.3 is 11.9 Å². The molecule has 0 radical (unpaired) electrons. The quantitative estimate of drug-likeness (QED) is 0.398.